The van der Waals surface area contributed by atoms with E-state index in [1.807, 2.05) is 5.32 Å². The molecule has 0 spiro atoms. The maximum absolute atomic E-state index is 12.7. The van der Waals surface area contributed by atoms with E-state index in [-0.39, 0.29) is 23.6 Å². The van der Waals surface area contributed by atoms with Crippen LogP contribution in [0, 0.1) is 0 Å². The summed E-state index contributed by atoms with van der Waals surface area (Å²) in [6, 6.07) is 1.40. The largest absolute Gasteiger partial charge is 0.411 e. The fourth-order valence-corrected chi connectivity index (χ4v) is 2.18. The SMILES string of the molecule is O=C(NC1(C(F)(F)F)CC1)c1ncc(Br)cc1Cl. The summed E-state index contributed by atoms with van der Waals surface area (Å²) in [7, 11) is 0. The molecule has 8 heteroatoms. The fourth-order valence-electron chi connectivity index (χ4n) is 1.46. The van der Waals surface area contributed by atoms with Gasteiger partial charge in [0.25, 0.3) is 5.91 Å². The highest BCUT2D eigenvalue weighted by molar-refractivity contribution is 9.10. The number of aromatic nitrogens is 1. The van der Waals surface area contributed by atoms with E-state index >= 15 is 0 Å². The van der Waals surface area contributed by atoms with Crippen molar-refractivity contribution in [2.75, 3.05) is 0 Å². The maximum Gasteiger partial charge on any atom is 0.411 e. The lowest BCUT2D eigenvalue weighted by molar-refractivity contribution is -0.163. The average molecular weight is 344 g/mol. The van der Waals surface area contributed by atoms with Crippen molar-refractivity contribution >= 4 is 33.4 Å². The summed E-state index contributed by atoms with van der Waals surface area (Å²) in [4.78, 5) is 15.4. The van der Waals surface area contributed by atoms with Gasteiger partial charge in [-0.25, -0.2) is 4.98 Å². The minimum absolute atomic E-state index is 0.000139. The van der Waals surface area contributed by atoms with Gasteiger partial charge in [-0.2, -0.15) is 13.2 Å². The Hall–Kier alpha value is -0.820. The first-order valence-corrected chi connectivity index (χ1v) is 6.12. The zero-order valence-electron chi connectivity index (χ0n) is 8.81. The number of halogens is 5. The zero-order chi connectivity index (χ0) is 13.6. The van der Waals surface area contributed by atoms with E-state index in [1.165, 1.54) is 12.3 Å². The number of nitrogens with zero attached hydrogens (tertiary/aromatic N) is 1. The molecule has 1 N–H and O–H groups in total. The Morgan fingerprint density at radius 2 is 2.11 bits per heavy atom. The molecular formula is C10H7BrClF3N2O. The van der Waals surface area contributed by atoms with E-state index in [4.69, 9.17) is 11.6 Å². The summed E-state index contributed by atoms with van der Waals surface area (Å²) in [5, 5.41) is 1.96. The highest BCUT2D eigenvalue weighted by Gasteiger charge is 2.64. The molecule has 0 atom stereocenters. The third-order valence-electron chi connectivity index (χ3n) is 2.67. The molecule has 0 saturated heterocycles. The number of hydrogen-bond donors (Lipinski definition) is 1. The van der Waals surface area contributed by atoms with Gasteiger partial charge < -0.3 is 5.32 Å². The van der Waals surface area contributed by atoms with Gasteiger partial charge >= 0.3 is 6.18 Å². The second-order valence-electron chi connectivity index (χ2n) is 4.02. The van der Waals surface area contributed by atoms with Crippen LogP contribution in [-0.4, -0.2) is 22.6 Å². The van der Waals surface area contributed by atoms with Gasteiger partial charge in [-0.1, -0.05) is 11.6 Å². The lowest BCUT2D eigenvalue weighted by Gasteiger charge is -2.20. The quantitative estimate of drug-likeness (QED) is 0.895. The molecule has 0 aromatic carbocycles. The Morgan fingerprint density at radius 1 is 1.50 bits per heavy atom. The second-order valence-corrected chi connectivity index (χ2v) is 5.34. The topological polar surface area (TPSA) is 42.0 Å². The molecule has 0 bridgehead atoms. The van der Waals surface area contributed by atoms with Crippen LogP contribution in [0.15, 0.2) is 16.7 Å². The molecule has 0 aliphatic heterocycles. The van der Waals surface area contributed by atoms with E-state index in [0.717, 1.165) is 0 Å². The van der Waals surface area contributed by atoms with E-state index in [0.29, 0.717) is 4.47 Å². The van der Waals surface area contributed by atoms with Gasteiger partial charge in [-0.15, -0.1) is 0 Å². The number of carbonyl (C=O) groups is 1. The van der Waals surface area contributed by atoms with Gasteiger partial charge in [0.05, 0.1) is 5.02 Å². The molecule has 98 valence electrons. The predicted octanol–water partition coefficient (Wildman–Crippen LogP) is 3.32. The molecule has 1 amide bonds. The van der Waals surface area contributed by atoms with Crippen molar-refractivity contribution in [1.29, 1.82) is 0 Å². The van der Waals surface area contributed by atoms with Gasteiger partial charge in [0.15, 0.2) is 0 Å². The van der Waals surface area contributed by atoms with Crippen molar-refractivity contribution in [3.63, 3.8) is 0 Å². The van der Waals surface area contributed by atoms with Crippen molar-refractivity contribution in [3.8, 4) is 0 Å². The van der Waals surface area contributed by atoms with Crippen molar-refractivity contribution < 1.29 is 18.0 Å². The van der Waals surface area contributed by atoms with Crippen LogP contribution in [0.5, 0.6) is 0 Å². The first-order chi connectivity index (χ1) is 8.25. The van der Waals surface area contributed by atoms with Crippen LogP contribution >= 0.6 is 27.5 Å². The monoisotopic (exact) mass is 342 g/mol. The molecule has 1 saturated carbocycles. The Kier molecular flexibility index (Phi) is 3.31. The first-order valence-electron chi connectivity index (χ1n) is 4.95. The van der Waals surface area contributed by atoms with Crippen LogP contribution in [-0.2, 0) is 0 Å². The summed E-state index contributed by atoms with van der Waals surface area (Å²) in [6.07, 6.45) is -3.38. The lowest BCUT2D eigenvalue weighted by Crippen LogP contribution is -2.48. The molecule has 3 nitrogen and oxygen atoms in total. The summed E-state index contributed by atoms with van der Waals surface area (Å²) in [5.41, 5.74) is -2.32. The Balaban J connectivity index is 2.19. The molecular weight excluding hydrogens is 336 g/mol. The van der Waals surface area contributed by atoms with Gasteiger partial charge in [-0.05, 0) is 34.8 Å². The van der Waals surface area contributed by atoms with E-state index in [2.05, 4.69) is 20.9 Å². The zero-order valence-corrected chi connectivity index (χ0v) is 11.2. The van der Waals surface area contributed by atoms with Crippen molar-refractivity contribution in [2.24, 2.45) is 0 Å². The molecule has 0 unspecified atom stereocenters. The predicted molar refractivity (Wildman–Crippen MR) is 62.4 cm³/mol. The number of rotatable bonds is 2. The van der Waals surface area contributed by atoms with Gasteiger partial charge in [0.2, 0.25) is 0 Å². The normalized spacial score (nSPS) is 17.4. The number of amides is 1. The van der Waals surface area contributed by atoms with Crippen LogP contribution in [0.25, 0.3) is 0 Å². The summed E-state index contributed by atoms with van der Waals surface area (Å²) >= 11 is 8.85. The second kappa shape index (κ2) is 4.38. The summed E-state index contributed by atoms with van der Waals surface area (Å²) in [6.45, 7) is 0. The van der Waals surface area contributed by atoms with Crippen LogP contribution < -0.4 is 5.32 Å². The highest BCUT2D eigenvalue weighted by atomic mass is 79.9. The Bertz CT molecular complexity index is 502. The minimum Gasteiger partial charge on any atom is -0.336 e. The highest BCUT2D eigenvalue weighted by Crippen LogP contribution is 2.49. The Labute approximate surface area is 114 Å². The molecule has 18 heavy (non-hydrogen) atoms. The molecule has 1 fully saturated rings. The van der Waals surface area contributed by atoms with Crippen molar-refractivity contribution in [3.05, 3.63) is 27.5 Å². The molecule has 1 aromatic heterocycles. The summed E-state index contributed by atoms with van der Waals surface area (Å²) < 4.78 is 38.5. The number of hydrogen-bond acceptors (Lipinski definition) is 2. The first kappa shape index (κ1) is 13.6. The lowest BCUT2D eigenvalue weighted by atomic mass is 10.2. The molecule has 1 aliphatic rings. The van der Waals surface area contributed by atoms with Crippen LogP contribution in [0.4, 0.5) is 13.2 Å². The van der Waals surface area contributed by atoms with Gasteiger partial charge in [-0.3, -0.25) is 4.79 Å². The van der Waals surface area contributed by atoms with Crippen LogP contribution in [0.2, 0.25) is 5.02 Å². The minimum atomic E-state index is -4.45. The van der Waals surface area contributed by atoms with E-state index < -0.39 is 17.6 Å². The molecule has 1 aromatic rings. The van der Waals surface area contributed by atoms with Crippen LogP contribution in [0.1, 0.15) is 23.3 Å². The van der Waals surface area contributed by atoms with Crippen LogP contribution in [0.3, 0.4) is 0 Å². The summed E-state index contributed by atoms with van der Waals surface area (Å²) in [5.74, 6) is -0.915. The number of nitrogens with one attached hydrogen (secondary N) is 1. The third-order valence-corrected chi connectivity index (χ3v) is 3.39. The number of carbonyl (C=O) groups excluding carboxylic acids is 1. The van der Waals surface area contributed by atoms with Crippen molar-refractivity contribution in [2.45, 2.75) is 24.6 Å². The molecule has 1 aliphatic carbocycles. The maximum atomic E-state index is 12.7. The number of pyridine rings is 1. The van der Waals surface area contributed by atoms with E-state index in [9.17, 15) is 18.0 Å². The average Bonchev–Trinajstić information content (AvgIpc) is 2.97. The Morgan fingerprint density at radius 3 is 2.56 bits per heavy atom. The molecule has 0 radical (unpaired) electrons. The standard InChI is InChI=1S/C10H7BrClF3N2O/c11-5-3-6(12)7(16-4-5)8(18)17-9(1-2-9)10(13,14)15/h3-4H,1-2H2,(H,17,18). The smallest absolute Gasteiger partial charge is 0.336 e. The fraction of sp³-hybridized carbons (Fsp3) is 0.400. The molecule has 1 heterocycles. The van der Waals surface area contributed by atoms with Gasteiger partial charge in [0.1, 0.15) is 11.2 Å². The van der Waals surface area contributed by atoms with Crippen molar-refractivity contribution in [1.82, 2.24) is 10.3 Å². The third kappa shape index (κ3) is 2.47. The van der Waals surface area contributed by atoms with E-state index in [1.54, 1.807) is 0 Å². The van der Waals surface area contributed by atoms with Gasteiger partial charge in [0, 0.05) is 10.7 Å². The number of alkyl halides is 3. The molecule has 2 rings (SSSR count).